The zero-order valence-electron chi connectivity index (χ0n) is 18.1. The van der Waals surface area contributed by atoms with Gasteiger partial charge in [0.1, 0.15) is 10.8 Å². The molecule has 0 bridgehead atoms. The van der Waals surface area contributed by atoms with E-state index < -0.39 is 0 Å². The molecule has 0 aliphatic carbocycles. The minimum atomic E-state index is -0.153. The fourth-order valence-electron chi connectivity index (χ4n) is 3.67. The van der Waals surface area contributed by atoms with Crippen LogP contribution in [0.5, 0.6) is 5.75 Å². The number of nitrogens with one attached hydrogen (secondary N) is 1. The Hall–Kier alpha value is -3.91. The SMILES string of the molecule is COc1ccc(C)cc1NC(=O)CSc1nc2ccccc2n2c(-c3ccccc3)nnc12. The number of carbonyl (C=O) groups excluding carboxylic acids is 1. The van der Waals surface area contributed by atoms with Gasteiger partial charge in [0.15, 0.2) is 11.5 Å². The van der Waals surface area contributed by atoms with E-state index in [2.05, 4.69) is 15.5 Å². The van der Waals surface area contributed by atoms with Gasteiger partial charge in [0.2, 0.25) is 5.91 Å². The van der Waals surface area contributed by atoms with Gasteiger partial charge in [0.25, 0.3) is 0 Å². The second-order valence-corrected chi connectivity index (χ2v) is 8.46. The first-order chi connectivity index (χ1) is 16.1. The number of aryl methyl sites for hydroxylation is 1. The molecule has 1 amide bonds. The smallest absolute Gasteiger partial charge is 0.234 e. The molecule has 0 aliphatic heterocycles. The predicted octanol–water partition coefficient (Wildman–Crippen LogP) is 4.99. The molecule has 3 aromatic carbocycles. The largest absolute Gasteiger partial charge is 0.495 e. The summed E-state index contributed by atoms with van der Waals surface area (Å²) in [6.45, 7) is 1.97. The number of fused-ring (bicyclic) bond motifs is 3. The normalized spacial score (nSPS) is 11.1. The molecule has 0 aliphatic rings. The summed E-state index contributed by atoms with van der Waals surface area (Å²) in [7, 11) is 1.58. The Morgan fingerprint density at radius 3 is 2.64 bits per heavy atom. The molecule has 1 N–H and O–H groups in total. The lowest BCUT2D eigenvalue weighted by Gasteiger charge is -2.11. The monoisotopic (exact) mass is 455 g/mol. The van der Waals surface area contributed by atoms with E-state index in [1.807, 2.05) is 84.1 Å². The molecule has 7 nitrogen and oxygen atoms in total. The summed E-state index contributed by atoms with van der Waals surface area (Å²) in [4.78, 5) is 17.5. The number of hydrogen-bond acceptors (Lipinski definition) is 6. The Morgan fingerprint density at radius 2 is 1.82 bits per heavy atom. The van der Waals surface area contributed by atoms with Crippen molar-refractivity contribution in [2.24, 2.45) is 0 Å². The summed E-state index contributed by atoms with van der Waals surface area (Å²) in [6.07, 6.45) is 0. The third kappa shape index (κ3) is 4.12. The highest BCUT2D eigenvalue weighted by Crippen LogP contribution is 2.30. The summed E-state index contributed by atoms with van der Waals surface area (Å²) >= 11 is 1.33. The molecule has 164 valence electrons. The van der Waals surface area contributed by atoms with E-state index in [4.69, 9.17) is 9.72 Å². The lowest BCUT2D eigenvalue weighted by atomic mass is 10.2. The molecule has 2 aromatic heterocycles. The highest BCUT2D eigenvalue weighted by atomic mass is 32.2. The van der Waals surface area contributed by atoms with Gasteiger partial charge in [-0.1, -0.05) is 60.3 Å². The molecule has 33 heavy (non-hydrogen) atoms. The average Bonchev–Trinajstić information content (AvgIpc) is 3.29. The second-order valence-electron chi connectivity index (χ2n) is 7.49. The van der Waals surface area contributed by atoms with E-state index in [1.165, 1.54) is 11.8 Å². The first-order valence-corrected chi connectivity index (χ1v) is 11.4. The Labute approximate surface area is 194 Å². The summed E-state index contributed by atoms with van der Waals surface area (Å²) < 4.78 is 7.36. The minimum Gasteiger partial charge on any atom is -0.495 e. The molecule has 2 heterocycles. The van der Waals surface area contributed by atoms with E-state index in [-0.39, 0.29) is 11.7 Å². The average molecular weight is 456 g/mol. The van der Waals surface area contributed by atoms with Crippen molar-refractivity contribution in [1.29, 1.82) is 0 Å². The van der Waals surface area contributed by atoms with Crippen molar-refractivity contribution in [2.75, 3.05) is 18.2 Å². The van der Waals surface area contributed by atoms with Crippen LogP contribution in [0.4, 0.5) is 5.69 Å². The molecule has 0 unspecified atom stereocenters. The van der Waals surface area contributed by atoms with Crippen LogP contribution in [-0.4, -0.2) is 38.4 Å². The van der Waals surface area contributed by atoms with Gasteiger partial charge in [0.05, 0.1) is 29.6 Å². The number of nitrogens with zero attached hydrogens (tertiary/aromatic N) is 4. The zero-order valence-corrected chi connectivity index (χ0v) is 19.0. The predicted molar refractivity (Wildman–Crippen MR) is 131 cm³/mol. The topological polar surface area (TPSA) is 81.4 Å². The molecule has 8 heteroatoms. The molecular formula is C25H21N5O2S. The second kappa shape index (κ2) is 8.91. The number of benzene rings is 3. The van der Waals surface area contributed by atoms with Crippen molar-refractivity contribution < 1.29 is 9.53 Å². The highest BCUT2D eigenvalue weighted by Gasteiger charge is 2.18. The van der Waals surface area contributed by atoms with Crippen molar-refractivity contribution in [3.63, 3.8) is 0 Å². The number of para-hydroxylation sites is 2. The quantitative estimate of drug-likeness (QED) is 0.363. The van der Waals surface area contributed by atoms with Crippen molar-refractivity contribution >= 4 is 40.0 Å². The number of amides is 1. The molecule has 0 spiro atoms. The molecule has 0 saturated carbocycles. The molecule has 0 atom stereocenters. The van der Waals surface area contributed by atoms with E-state index in [0.29, 0.717) is 22.1 Å². The van der Waals surface area contributed by atoms with Crippen LogP contribution in [0.1, 0.15) is 5.56 Å². The van der Waals surface area contributed by atoms with Crippen LogP contribution in [0.25, 0.3) is 28.1 Å². The number of methoxy groups -OCH3 is 1. The summed E-state index contributed by atoms with van der Waals surface area (Å²) in [5, 5.41) is 12.5. The number of anilines is 1. The third-order valence-corrected chi connectivity index (χ3v) is 6.15. The molecule has 0 fully saturated rings. The Kier molecular flexibility index (Phi) is 5.66. The van der Waals surface area contributed by atoms with E-state index in [9.17, 15) is 4.79 Å². The highest BCUT2D eigenvalue weighted by molar-refractivity contribution is 8.00. The first kappa shape index (κ1) is 21.0. The third-order valence-electron chi connectivity index (χ3n) is 5.20. The maximum Gasteiger partial charge on any atom is 0.234 e. The van der Waals surface area contributed by atoms with Crippen molar-refractivity contribution in [1.82, 2.24) is 19.6 Å². The van der Waals surface area contributed by atoms with E-state index in [1.54, 1.807) is 7.11 Å². The van der Waals surface area contributed by atoms with Gasteiger partial charge < -0.3 is 10.1 Å². The maximum absolute atomic E-state index is 12.7. The molecule has 0 saturated heterocycles. The minimum absolute atomic E-state index is 0.153. The van der Waals surface area contributed by atoms with Crippen LogP contribution in [0.15, 0.2) is 77.8 Å². The van der Waals surface area contributed by atoms with Gasteiger partial charge >= 0.3 is 0 Å². The lowest BCUT2D eigenvalue weighted by molar-refractivity contribution is -0.113. The van der Waals surface area contributed by atoms with Gasteiger partial charge in [-0.2, -0.15) is 0 Å². The first-order valence-electron chi connectivity index (χ1n) is 10.4. The van der Waals surface area contributed by atoms with Crippen LogP contribution in [0.3, 0.4) is 0 Å². The summed E-state index contributed by atoms with van der Waals surface area (Å²) in [6, 6.07) is 23.4. The number of rotatable bonds is 6. The van der Waals surface area contributed by atoms with Crippen LogP contribution < -0.4 is 10.1 Å². The van der Waals surface area contributed by atoms with Crippen molar-refractivity contribution in [2.45, 2.75) is 11.9 Å². The van der Waals surface area contributed by atoms with Gasteiger partial charge in [-0.15, -0.1) is 10.2 Å². The van der Waals surface area contributed by atoms with Gasteiger partial charge in [-0.3, -0.25) is 9.20 Å². The number of aromatic nitrogens is 4. The fraction of sp³-hybridized carbons (Fsp3) is 0.120. The molecule has 0 radical (unpaired) electrons. The maximum atomic E-state index is 12.7. The van der Waals surface area contributed by atoms with Crippen molar-refractivity contribution in [3.8, 4) is 17.1 Å². The molecule has 5 rings (SSSR count). The van der Waals surface area contributed by atoms with Gasteiger partial charge in [-0.05, 0) is 36.8 Å². The van der Waals surface area contributed by atoms with Crippen LogP contribution in [0, 0.1) is 6.92 Å². The number of ether oxygens (including phenoxy) is 1. The van der Waals surface area contributed by atoms with Crippen molar-refractivity contribution in [3.05, 3.63) is 78.4 Å². The Morgan fingerprint density at radius 1 is 1.03 bits per heavy atom. The number of thioether (sulfide) groups is 1. The zero-order chi connectivity index (χ0) is 22.8. The summed E-state index contributed by atoms with van der Waals surface area (Å²) in [5.41, 5.74) is 4.99. The number of hydrogen-bond donors (Lipinski definition) is 1. The molecular weight excluding hydrogens is 434 g/mol. The number of carbonyl (C=O) groups is 1. The molecule has 5 aromatic rings. The van der Waals surface area contributed by atoms with Gasteiger partial charge in [0, 0.05) is 5.56 Å². The van der Waals surface area contributed by atoms with E-state index in [0.717, 1.165) is 28.0 Å². The summed E-state index contributed by atoms with van der Waals surface area (Å²) in [5.74, 6) is 1.38. The lowest BCUT2D eigenvalue weighted by Crippen LogP contribution is -2.15. The fourth-order valence-corrected chi connectivity index (χ4v) is 4.43. The Bertz CT molecular complexity index is 1470. The van der Waals surface area contributed by atoms with E-state index >= 15 is 0 Å². The van der Waals surface area contributed by atoms with Gasteiger partial charge in [-0.25, -0.2) is 4.98 Å². The standard InChI is InChI=1S/C25H21N5O2S/c1-16-12-13-21(32-2)19(14-16)26-22(31)15-33-25-24-29-28-23(17-8-4-3-5-9-17)30(24)20-11-7-6-10-18(20)27-25/h3-14H,15H2,1-2H3,(H,26,31). The van der Waals surface area contributed by atoms with Crippen LogP contribution in [0.2, 0.25) is 0 Å². The van der Waals surface area contributed by atoms with Crippen LogP contribution in [-0.2, 0) is 4.79 Å². The van der Waals surface area contributed by atoms with Crippen LogP contribution >= 0.6 is 11.8 Å². The Balaban J connectivity index is 1.48.